The number of benzene rings is 1. The van der Waals surface area contributed by atoms with Crippen LogP contribution >= 0.6 is 0 Å². The highest BCUT2D eigenvalue weighted by atomic mass is 16.7. The highest BCUT2D eigenvalue weighted by molar-refractivity contribution is 5.68. The van der Waals surface area contributed by atoms with Crippen molar-refractivity contribution < 1.29 is 19.4 Å². The van der Waals surface area contributed by atoms with Gasteiger partial charge < -0.3 is 14.6 Å². The zero-order chi connectivity index (χ0) is 19.7. The van der Waals surface area contributed by atoms with Crippen LogP contribution in [0.1, 0.15) is 90.0 Å². The van der Waals surface area contributed by atoms with Crippen molar-refractivity contribution in [2.24, 2.45) is 0 Å². The molecule has 1 aromatic carbocycles. The van der Waals surface area contributed by atoms with Crippen LogP contribution in [-0.4, -0.2) is 24.0 Å². The normalized spacial score (nSPS) is 12.1. The quantitative estimate of drug-likeness (QED) is 0.253. The average Bonchev–Trinajstić information content (AvgIpc) is 2.65. The Morgan fingerprint density at radius 2 is 1.48 bits per heavy atom. The second kappa shape index (κ2) is 15.5. The monoisotopic (exact) mass is 378 g/mol. The lowest BCUT2D eigenvalue weighted by Gasteiger charge is -2.17. The minimum Gasteiger partial charge on any atom is -0.480 e. The molecular formula is C23H38O4. The van der Waals surface area contributed by atoms with Gasteiger partial charge in [-0.15, -0.1) is 0 Å². The Morgan fingerprint density at radius 1 is 0.926 bits per heavy atom. The van der Waals surface area contributed by atoms with E-state index in [4.69, 9.17) is 14.6 Å². The van der Waals surface area contributed by atoms with E-state index in [1.807, 2.05) is 18.2 Å². The number of hydrogen-bond acceptors (Lipinski definition) is 3. The largest absolute Gasteiger partial charge is 0.480 e. The van der Waals surface area contributed by atoms with Crippen molar-refractivity contribution in [2.75, 3.05) is 6.61 Å². The lowest BCUT2D eigenvalue weighted by molar-refractivity contribution is -0.151. The van der Waals surface area contributed by atoms with Crippen molar-refractivity contribution in [1.29, 1.82) is 0 Å². The van der Waals surface area contributed by atoms with Gasteiger partial charge in [-0.25, -0.2) is 4.79 Å². The molecule has 0 aliphatic rings. The van der Waals surface area contributed by atoms with E-state index in [0.717, 1.165) is 18.6 Å². The van der Waals surface area contributed by atoms with Crippen LogP contribution < -0.4 is 4.74 Å². The molecule has 4 heteroatoms. The smallest absolute Gasteiger partial charge is 0.329 e. The molecule has 4 nitrogen and oxygen atoms in total. The predicted octanol–water partition coefficient (Wildman–Crippen LogP) is 6.37. The van der Waals surface area contributed by atoms with Gasteiger partial charge in [-0.2, -0.15) is 0 Å². The summed E-state index contributed by atoms with van der Waals surface area (Å²) < 4.78 is 10.9. The molecule has 1 N–H and O–H groups in total. The summed E-state index contributed by atoms with van der Waals surface area (Å²) >= 11 is 0. The maximum absolute atomic E-state index is 10.6. The molecule has 0 aliphatic heterocycles. The van der Waals surface area contributed by atoms with Crippen LogP contribution in [0.2, 0.25) is 0 Å². The van der Waals surface area contributed by atoms with E-state index in [1.54, 1.807) is 6.92 Å². The van der Waals surface area contributed by atoms with Crippen LogP contribution in [0.15, 0.2) is 24.3 Å². The third kappa shape index (κ3) is 12.5. The molecule has 0 aliphatic carbocycles. The first kappa shape index (κ1) is 23.5. The van der Waals surface area contributed by atoms with Crippen molar-refractivity contribution in [3.05, 3.63) is 29.8 Å². The molecule has 0 saturated carbocycles. The third-order valence-corrected chi connectivity index (χ3v) is 4.76. The molecule has 1 unspecified atom stereocenters. The van der Waals surface area contributed by atoms with E-state index in [9.17, 15) is 4.79 Å². The van der Waals surface area contributed by atoms with Gasteiger partial charge in [0.2, 0.25) is 0 Å². The van der Waals surface area contributed by atoms with Crippen LogP contribution in [0.25, 0.3) is 0 Å². The van der Waals surface area contributed by atoms with E-state index < -0.39 is 12.3 Å². The Balaban J connectivity index is 2.15. The second-order valence-electron chi connectivity index (χ2n) is 7.28. The predicted molar refractivity (Wildman–Crippen MR) is 110 cm³/mol. The highest BCUT2D eigenvalue weighted by Gasteiger charge is 2.10. The summed E-state index contributed by atoms with van der Waals surface area (Å²) in [5, 5.41) is 8.67. The standard InChI is InChI=1S/C23H38O4/c1-3-4-5-6-7-8-9-10-11-12-13-16-21-17-14-15-18-22(21)27-20(2)26-19-23(24)25/h14-15,17-18,20H,3-13,16,19H2,1-2H3,(H,24,25). The summed E-state index contributed by atoms with van der Waals surface area (Å²) in [6, 6.07) is 7.96. The van der Waals surface area contributed by atoms with E-state index in [0.29, 0.717) is 0 Å². The van der Waals surface area contributed by atoms with Gasteiger partial charge in [-0.1, -0.05) is 89.3 Å². The van der Waals surface area contributed by atoms with Gasteiger partial charge in [-0.05, 0) is 31.4 Å². The van der Waals surface area contributed by atoms with Gasteiger partial charge in [0.15, 0.2) is 6.29 Å². The molecule has 0 fully saturated rings. The molecular weight excluding hydrogens is 340 g/mol. The van der Waals surface area contributed by atoms with Gasteiger partial charge in [0.25, 0.3) is 0 Å². The molecule has 0 radical (unpaired) electrons. The van der Waals surface area contributed by atoms with Crippen LogP contribution in [-0.2, 0) is 16.0 Å². The molecule has 0 heterocycles. The number of carboxylic acid groups (broad SMARTS) is 1. The second-order valence-corrected chi connectivity index (χ2v) is 7.28. The Bertz CT molecular complexity index is 501. The first-order chi connectivity index (χ1) is 13.1. The number of carboxylic acids is 1. The number of hydrogen-bond donors (Lipinski definition) is 1. The maximum atomic E-state index is 10.6. The lowest BCUT2D eigenvalue weighted by atomic mass is 10.0. The Labute approximate surface area is 165 Å². The SMILES string of the molecule is CCCCCCCCCCCCCc1ccccc1OC(C)OCC(=O)O. The fourth-order valence-electron chi connectivity index (χ4n) is 3.21. The van der Waals surface area contributed by atoms with Crippen molar-refractivity contribution >= 4 is 5.97 Å². The first-order valence-electron chi connectivity index (χ1n) is 10.7. The number of para-hydroxylation sites is 1. The Morgan fingerprint density at radius 3 is 2.07 bits per heavy atom. The molecule has 27 heavy (non-hydrogen) atoms. The number of unbranched alkanes of at least 4 members (excludes halogenated alkanes) is 10. The zero-order valence-electron chi connectivity index (χ0n) is 17.3. The molecule has 0 saturated heterocycles. The van der Waals surface area contributed by atoms with Crippen LogP contribution in [0.5, 0.6) is 5.75 Å². The summed E-state index contributed by atoms with van der Waals surface area (Å²) in [5.41, 5.74) is 1.17. The number of aryl methyl sites for hydroxylation is 1. The van der Waals surface area contributed by atoms with E-state index in [1.165, 1.54) is 69.8 Å². The summed E-state index contributed by atoms with van der Waals surface area (Å²) in [4.78, 5) is 10.6. The molecule has 1 rings (SSSR count). The van der Waals surface area contributed by atoms with Crippen molar-refractivity contribution in [2.45, 2.75) is 97.2 Å². The number of rotatable bonds is 17. The van der Waals surface area contributed by atoms with Crippen molar-refractivity contribution in [1.82, 2.24) is 0 Å². The fourth-order valence-corrected chi connectivity index (χ4v) is 3.21. The fraction of sp³-hybridized carbons (Fsp3) is 0.696. The first-order valence-corrected chi connectivity index (χ1v) is 10.7. The lowest BCUT2D eigenvalue weighted by Crippen LogP contribution is -2.21. The molecule has 1 atom stereocenters. The minimum absolute atomic E-state index is 0.345. The zero-order valence-corrected chi connectivity index (χ0v) is 17.3. The summed E-state index contributed by atoms with van der Waals surface area (Å²) in [6.07, 6.45) is 15.1. The van der Waals surface area contributed by atoms with Crippen LogP contribution in [0.3, 0.4) is 0 Å². The van der Waals surface area contributed by atoms with Crippen LogP contribution in [0, 0.1) is 0 Å². The molecule has 0 amide bonds. The number of ether oxygens (including phenoxy) is 2. The number of aliphatic carboxylic acids is 1. The van der Waals surface area contributed by atoms with Crippen LogP contribution in [0.4, 0.5) is 0 Å². The highest BCUT2D eigenvalue weighted by Crippen LogP contribution is 2.22. The van der Waals surface area contributed by atoms with Crippen molar-refractivity contribution in [3.63, 3.8) is 0 Å². The Kier molecular flexibility index (Phi) is 13.5. The Hall–Kier alpha value is -1.55. The van der Waals surface area contributed by atoms with Gasteiger partial charge in [0, 0.05) is 0 Å². The average molecular weight is 379 g/mol. The number of carbonyl (C=O) groups is 1. The molecule has 0 aromatic heterocycles. The van der Waals surface area contributed by atoms with Gasteiger partial charge >= 0.3 is 5.97 Å². The van der Waals surface area contributed by atoms with E-state index in [-0.39, 0.29) is 6.61 Å². The van der Waals surface area contributed by atoms with Gasteiger partial charge in [0.05, 0.1) is 0 Å². The molecule has 154 valence electrons. The van der Waals surface area contributed by atoms with E-state index >= 15 is 0 Å². The van der Waals surface area contributed by atoms with Crippen molar-refractivity contribution in [3.8, 4) is 5.75 Å². The molecule has 0 spiro atoms. The molecule has 0 bridgehead atoms. The summed E-state index contributed by atoms with van der Waals surface area (Å²) in [7, 11) is 0. The van der Waals surface area contributed by atoms with Gasteiger partial charge in [0.1, 0.15) is 12.4 Å². The minimum atomic E-state index is -0.986. The topological polar surface area (TPSA) is 55.8 Å². The van der Waals surface area contributed by atoms with E-state index in [2.05, 4.69) is 13.0 Å². The third-order valence-electron chi connectivity index (χ3n) is 4.76. The van der Waals surface area contributed by atoms with Gasteiger partial charge in [-0.3, -0.25) is 0 Å². The molecule has 1 aromatic rings. The summed E-state index contributed by atoms with van der Waals surface area (Å²) in [6.45, 7) is 3.64. The maximum Gasteiger partial charge on any atom is 0.329 e. The summed E-state index contributed by atoms with van der Waals surface area (Å²) in [5.74, 6) is -0.192.